The summed E-state index contributed by atoms with van der Waals surface area (Å²) in [5.74, 6) is 0.451. The van der Waals surface area contributed by atoms with Crippen LogP contribution in [0.15, 0.2) is 0 Å². The van der Waals surface area contributed by atoms with Crippen LogP contribution in [0.25, 0.3) is 0 Å². The number of hydrogen-bond donors (Lipinski definition) is 2. The van der Waals surface area contributed by atoms with Crippen LogP contribution < -0.4 is 9.44 Å². The molecule has 1 aromatic heterocycles. The van der Waals surface area contributed by atoms with Gasteiger partial charge in [-0.1, -0.05) is 20.8 Å². The second-order valence-electron chi connectivity index (χ2n) is 6.32. The first-order chi connectivity index (χ1) is 8.86. The van der Waals surface area contributed by atoms with Crippen LogP contribution in [-0.4, -0.2) is 10.1 Å². The van der Waals surface area contributed by atoms with E-state index in [4.69, 9.17) is 0 Å². The molecule has 19 heavy (non-hydrogen) atoms. The zero-order valence-electron chi connectivity index (χ0n) is 11.3. The molecule has 0 unspecified atom stereocenters. The average molecular weight is 298 g/mol. The van der Waals surface area contributed by atoms with Crippen LogP contribution in [0.5, 0.6) is 0 Å². The summed E-state index contributed by atoms with van der Waals surface area (Å²) < 4.78 is 16.7. The number of rotatable bonds is 0. The fourth-order valence-corrected chi connectivity index (χ4v) is 5.04. The van der Waals surface area contributed by atoms with Crippen molar-refractivity contribution in [3.63, 3.8) is 0 Å². The molecular weight excluding hydrogens is 280 g/mol. The molecule has 1 aliphatic carbocycles. The van der Waals surface area contributed by atoms with Crippen LogP contribution in [-0.2, 0) is 24.0 Å². The highest BCUT2D eigenvalue weighted by Gasteiger charge is 2.35. The van der Waals surface area contributed by atoms with E-state index < -0.39 is 11.2 Å². The van der Waals surface area contributed by atoms with Gasteiger partial charge >= 0.3 is 0 Å². The zero-order valence-corrected chi connectivity index (χ0v) is 13.0. The van der Waals surface area contributed by atoms with E-state index in [1.165, 1.54) is 10.4 Å². The summed E-state index contributed by atoms with van der Waals surface area (Å²) in [4.78, 5) is 13.3. The molecule has 0 spiro atoms. The number of thiophene rings is 1. The summed E-state index contributed by atoms with van der Waals surface area (Å²) in [6, 6.07) is 0. The molecule has 2 atom stereocenters. The fourth-order valence-electron chi connectivity index (χ4n) is 2.88. The highest BCUT2D eigenvalue weighted by atomic mass is 32.2. The normalized spacial score (nSPS) is 26.2. The van der Waals surface area contributed by atoms with E-state index in [1.54, 1.807) is 11.3 Å². The van der Waals surface area contributed by atoms with Gasteiger partial charge < -0.3 is 0 Å². The maximum Gasteiger partial charge on any atom is 0.267 e. The Hall–Kier alpha value is -0.880. The molecule has 0 bridgehead atoms. The smallest absolute Gasteiger partial charge is 0.267 e. The third kappa shape index (κ3) is 2.21. The molecule has 4 nitrogen and oxygen atoms in total. The van der Waals surface area contributed by atoms with Crippen LogP contribution in [0.2, 0.25) is 0 Å². The Kier molecular flexibility index (Phi) is 2.98. The lowest BCUT2D eigenvalue weighted by atomic mass is 9.72. The lowest BCUT2D eigenvalue weighted by Gasteiger charge is -2.33. The molecule has 2 aliphatic rings. The van der Waals surface area contributed by atoms with Gasteiger partial charge in [-0.25, -0.2) is 4.21 Å². The van der Waals surface area contributed by atoms with Gasteiger partial charge in [-0.15, -0.1) is 11.3 Å². The van der Waals surface area contributed by atoms with E-state index in [1.807, 2.05) is 0 Å². The standard InChI is InChI=1S/C13H18N2O2S2/c1-13(2,3)7-4-5-8-9(6-7)18-12-10(8)11(16)14-19(17)15-12/h7,15H,4-6H2,1-3H3,(H,14,16)/t7-,19+/m1/s1. The molecule has 0 radical (unpaired) electrons. The topological polar surface area (TPSA) is 58.2 Å². The first-order valence-corrected chi connectivity index (χ1v) is 8.47. The minimum atomic E-state index is -1.48. The molecule has 3 rings (SSSR count). The maximum absolute atomic E-state index is 12.0. The van der Waals surface area contributed by atoms with Crippen molar-refractivity contribution in [3.05, 3.63) is 16.0 Å². The third-order valence-corrected chi connectivity index (χ3v) is 6.15. The van der Waals surface area contributed by atoms with Gasteiger partial charge in [-0.3, -0.25) is 14.2 Å². The molecule has 0 aromatic carbocycles. The lowest BCUT2D eigenvalue weighted by Crippen LogP contribution is -2.35. The quantitative estimate of drug-likeness (QED) is 0.773. The summed E-state index contributed by atoms with van der Waals surface area (Å²) in [7, 11) is 0. The maximum atomic E-state index is 12.0. The minimum Gasteiger partial charge on any atom is -0.278 e. The molecule has 104 valence electrons. The average Bonchev–Trinajstić information content (AvgIpc) is 2.64. The van der Waals surface area contributed by atoms with Crippen LogP contribution in [0.1, 0.15) is 48.0 Å². The number of anilines is 1. The van der Waals surface area contributed by atoms with Crippen molar-refractivity contribution < 1.29 is 9.00 Å². The van der Waals surface area contributed by atoms with Crippen molar-refractivity contribution in [3.8, 4) is 0 Å². The van der Waals surface area contributed by atoms with Crippen LogP contribution in [0.3, 0.4) is 0 Å². The molecule has 2 heterocycles. The van der Waals surface area contributed by atoms with Crippen molar-refractivity contribution in [1.82, 2.24) is 4.72 Å². The van der Waals surface area contributed by atoms with Crippen LogP contribution in [0, 0.1) is 11.3 Å². The van der Waals surface area contributed by atoms with E-state index in [2.05, 4.69) is 30.2 Å². The Balaban J connectivity index is 1.99. The first-order valence-electron chi connectivity index (χ1n) is 6.50. The van der Waals surface area contributed by atoms with Crippen LogP contribution >= 0.6 is 11.3 Å². The van der Waals surface area contributed by atoms with Crippen LogP contribution in [0.4, 0.5) is 5.00 Å². The van der Waals surface area contributed by atoms with Gasteiger partial charge in [-0.2, -0.15) is 0 Å². The molecule has 0 saturated heterocycles. The fraction of sp³-hybridized carbons (Fsp3) is 0.615. The van der Waals surface area contributed by atoms with E-state index in [9.17, 15) is 9.00 Å². The Morgan fingerprint density at radius 2 is 2.05 bits per heavy atom. The zero-order chi connectivity index (χ0) is 13.8. The predicted octanol–water partition coefficient (Wildman–Crippen LogP) is 2.63. The van der Waals surface area contributed by atoms with Gasteiger partial charge in [0.05, 0.1) is 5.56 Å². The predicted molar refractivity (Wildman–Crippen MR) is 78.5 cm³/mol. The Labute approximate surface area is 119 Å². The number of carbonyl (C=O) groups is 1. The first kappa shape index (κ1) is 13.1. The molecular formula is C13H18N2O2S2. The lowest BCUT2D eigenvalue weighted by molar-refractivity contribution is 0.0981. The minimum absolute atomic E-state index is 0.196. The molecule has 6 heteroatoms. The molecule has 2 N–H and O–H groups in total. The molecule has 0 fully saturated rings. The van der Waals surface area contributed by atoms with Crippen molar-refractivity contribution in [1.29, 1.82) is 0 Å². The van der Waals surface area contributed by atoms with E-state index in [0.29, 0.717) is 11.3 Å². The van der Waals surface area contributed by atoms with Crippen molar-refractivity contribution >= 4 is 33.4 Å². The monoisotopic (exact) mass is 298 g/mol. The highest BCUT2D eigenvalue weighted by Crippen LogP contribution is 2.44. The number of amides is 1. The summed E-state index contributed by atoms with van der Waals surface area (Å²) >= 11 is 0.125. The van der Waals surface area contributed by atoms with Crippen molar-refractivity contribution in [2.45, 2.75) is 40.0 Å². The van der Waals surface area contributed by atoms with E-state index in [-0.39, 0.29) is 5.91 Å². The summed E-state index contributed by atoms with van der Waals surface area (Å²) in [6.07, 6.45) is 3.10. The molecule has 0 saturated carbocycles. The van der Waals surface area contributed by atoms with Gasteiger partial charge in [0.25, 0.3) is 5.91 Å². The van der Waals surface area contributed by atoms with E-state index >= 15 is 0 Å². The van der Waals surface area contributed by atoms with Gasteiger partial charge in [0.1, 0.15) is 5.00 Å². The van der Waals surface area contributed by atoms with Gasteiger partial charge in [-0.05, 0) is 36.2 Å². The van der Waals surface area contributed by atoms with E-state index in [0.717, 1.165) is 29.8 Å². The highest BCUT2D eigenvalue weighted by molar-refractivity contribution is 7.85. The molecule has 1 amide bonds. The van der Waals surface area contributed by atoms with Crippen molar-refractivity contribution in [2.75, 3.05) is 4.72 Å². The number of nitrogens with one attached hydrogen (secondary N) is 2. The molecule has 1 aromatic rings. The second kappa shape index (κ2) is 4.31. The van der Waals surface area contributed by atoms with Gasteiger partial charge in [0.15, 0.2) is 0 Å². The van der Waals surface area contributed by atoms with Crippen molar-refractivity contribution in [2.24, 2.45) is 11.3 Å². The Bertz CT molecular complexity index is 572. The Morgan fingerprint density at radius 1 is 1.32 bits per heavy atom. The van der Waals surface area contributed by atoms with Gasteiger partial charge in [0.2, 0.25) is 11.2 Å². The second-order valence-corrected chi connectivity index (χ2v) is 8.37. The molecule has 1 aliphatic heterocycles. The summed E-state index contributed by atoms with van der Waals surface area (Å²) in [5.41, 5.74) is 2.19. The number of carbonyl (C=O) groups excluding carboxylic acids is 1. The number of hydrogen-bond acceptors (Lipinski definition) is 3. The Morgan fingerprint density at radius 3 is 2.74 bits per heavy atom. The third-order valence-electron chi connectivity index (χ3n) is 4.09. The van der Waals surface area contributed by atoms with Gasteiger partial charge in [0, 0.05) is 4.88 Å². The largest absolute Gasteiger partial charge is 0.278 e. The number of fused-ring (bicyclic) bond motifs is 3. The SMILES string of the molecule is CC(C)(C)[C@@H]1CCc2c(sc3c2C(=O)N[S@](=O)N3)C1. The summed E-state index contributed by atoms with van der Waals surface area (Å²) in [5, 5.41) is 0.779. The summed E-state index contributed by atoms with van der Waals surface area (Å²) in [6.45, 7) is 6.82.